The summed E-state index contributed by atoms with van der Waals surface area (Å²) in [6.45, 7) is 16.4. The molecule has 272 valence electrons. The summed E-state index contributed by atoms with van der Waals surface area (Å²) in [7, 11) is -1.31. The molecule has 0 amide bonds. The van der Waals surface area contributed by atoms with Crippen LogP contribution < -0.4 is 24.6 Å². The van der Waals surface area contributed by atoms with Gasteiger partial charge < -0.3 is 23.1 Å². The summed E-state index contributed by atoms with van der Waals surface area (Å²) >= 11 is 0. The fourth-order valence-electron chi connectivity index (χ4n) is 7.79. The second-order valence-electron chi connectivity index (χ2n) is 15.3. The van der Waals surface area contributed by atoms with Crippen molar-refractivity contribution in [3.05, 3.63) is 113 Å². The second kappa shape index (κ2) is 14.8. The van der Waals surface area contributed by atoms with Gasteiger partial charge in [0.1, 0.15) is 11.3 Å². The van der Waals surface area contributed by atoms with E-state index in [1.165, 1.54) is 17.3 Å². The molecular weight excluding hydrogens is 669 g/mol. The third kappa shape index (κ3) is 6.94. The van der Waals surface area contributed by atoms with Gasteiger partial charge in [0.05, 0.1) is 24.9 Å². The molecule has 1 aromatic heterocycles. The van der Waals surface area contributed by atoms with E-state index in [1.807, 2.05) is 58.0 Å². The van der Waals surface area contributed by atoms with Gasteiger partial charge in [0, 0.05) is 29.9 Å². The number of carbonyl (C=O) groups excluding carboxylic acids is 2. The minimum absolute atomic E-state index is 0.0427. The molecule has 1 aliphatic rings. The van der Waals surface area contributed by atoms with Crippen molar-refractivity contribution in [2.45, 2.75) is 85.0 Å². The molecule has 0 unspecified atom stereocenters. The lowest BCUT2D eigenvalue weighted by atomic mass is 9.73. The highest BCUT2D eigenvalue weighted by atomic mass is 28.4. The number of furan rings is 1. The van der Waals surface area contributed by atoms with Gasteiger partial charge in [0.15, 0.2) is 28.8 Å². The van der Waals surface area contributed by atoms with Crippen LogP contribution in [0.2, 0.25) is 5.04 Å². The molecule has 0 N–H and O–H groups in total. The van der Waals surface area contributed by atoms with E-state index in [-0.39, 0.29) is 47.1 Å². The average molecular weight is 719 g/mol. The van der Waals surface area contributed by atoms with Crippen molar-refractivity contribution in [2.75, 3.05) is 13.7 Å². The van der Waals surface area contributed by atoms with Gasteiger partial charge in [-0.05, 0) is 85.8 Å². The van der Waals surface area contributed by atoms with Gasteiger partial charge in [-0.2, -0.15) is 0 Å². The molecule has 52 heavy (non-hydrogen) atoms. The third-order valence-electron chi connectivity index (χ3n) is 9.89. The molecule has 0 fully saturated rings. The number of carbonyl (C=O) groups is 2. The fraction of sp³-hybridized carbons (Fsp3) is 0.364. The molecule has 1 heterocycles. The molecule has 5 aromatic rings. The molecule has 7 nitrogen and oxygen atoms in total. The summed E-state index contributed by atoms with van der Waals surface area (Å²) in [6.07, 6.45) is 0.0111. The van der Waals surface area contributed by atoms with Crippen molar-refractivity contribution < 1.29 is 32.6 Å². The van der Waals surface area contributed by atoms with Gasteiger partial charge in [-0.15, -0.1) is 0 Å². The van der Waals surface area contributed by atoms with Gasteiger partial charge in [-0.3, -0.25) is 9.59 Å². The predicted molar refractivity (Wildman–Crippen MR) is 209 cm³/mol. The van der Waals surface area contributed by atoms with Crippen LogP contribution in [0.3, 0.4) is 0 Å². The summed E-state index contributed by atoms with van der Waals surface area (Å²) in [5, 5.41) is 2.84. The molecule has 0 aliphatic heterocycles. The zero-order valence-corrected chi connectivity index (χ0v) is 32.7. The van der Waals surface area contributed by atoms with E-state index in [1.54, 1.807) is 13.2 Å². The molecule has 0 radical (unpaired) electrons. The Morgan fingerprint density at radius 1 is 0.827 bits per heavy atom. The molecular formula is C44H50O7Si. The van der Waals surface area contributed by atoms with Crippen molar-refractivity contribution in [2.24, 2.45) is 5.92 Å². The van der Waals surface area contributed by atoms with Crippen molar-refractivity contribution in [3.8, 4) is 17.2 Å². The van der Waals surface area contributed by atoms with Crippen LogP contribution in [0.5, 0.6) is 17.2 Å². The Balaban J connectivity index is 1.56. The van der Waals surface area contributed by atoms with Gasteiger partial charge in [-0.1, -0.05) is 87.5 Å². The van der Waals surface area contributed by atoms with Crippen molar-refractivity contribution in [3.63, 3.8) is 0 Å². The predicted octanol–water partition coefficient (Wildman–Crippen LogP) is 9.13. The highest BCUT2D eigenvalue weighted by Gasteiger charge is 2.51. The van der Waals surface area contributed by atoms with E-state index in [0.717, 1.165) is 16.5 Å². The van der Waals surface area contributed by atoms with Crippen LogP contribution in [-0.4, -0.2) is 45.8 Å². The Hall–Kier alpha value is -4.66. The first kappa shape index (κ1) is 37.1. The maximum absolute atomic E-state index is 14.2. The molecule has 6 rings (SSSR count). The van der Waals surface area contributed by atoms with Crippen molar-refractivity contribution >= 4 is 41.2 Å². The molecule has 8 heteroatoms. The Labute approximate surface area is 308 Å². The van der Waals surface area contributed by atoms with Gasteiger partial charge in [0.2, 0.25) is 0 Å². The van der Waals surface area contributed by atoms with Crippen molar-refractivity contribution in [1.29, 1.82) is 0 Å². The topological polar surface area (TPSA) is 84.2 Å². The minimum atomic E-state index is -2.94. The molecule has 2 atom stereocenters. The molecule has 4 aromatic carbocycles. The van der Waals surface area contributed by atoms with Crippen LogP contribution in [0, 0.1) is 5.92 Å². The lowest BCUT2D eigenvalue weighted by Crippen LogP contribution is -2.67. The summed E-state index contributed by atoms with van der Waals surface area (Å²) in [5.41, 5.74) is 2.61. The van der Waals surface area contributed by atoms with Gasteiger partial charge in [-0.25, -0.2) is 0 Å². The van der Waals surface area contributed by atoms with E-state index in [2.05, 4.69) is 75.4 Å². The van der Waals surface area contributed by atoms with E-state index in [9.17, 15) is 9.59 Å². The van der Waals surface area contributed by atoms with Crippen LogP contribution in [-0.2, 0) is 4.43 Å². The second-order valence-corrected chi connectivity index (χ2v) is 19.6. The summed E-state index contributed by atoms with van der Waals surface area (Å²) in [4.78, 5) is 27.0. The lowest BCUT2D eigenvalue weighted by Gasteiger charge is -2.44. The number of hydrogen-bond donors (Lipinski definition) is 0. The molecule has 0 spiro atoms. The first-order valence-corrected chi connectivity index (χ1v) is 20.1. The highest BCUT2D eigenvalue weighted by molar-refractivity contribution is 6.99. The zero-order valence-electron chi connectivity index (χ0n) is 31.7. The summed E-state index contributed by atoms with van der Waals surface area (Å²) in [5.74, 6) is 1.21. The van der Waals surface area contributed by atoms with E-state index < -0.39 is 8.32 Å². The van der Waals surface area contributed by atoms with Gasteiger partial charge in [0.25, 0.3) is 8.32 Å². The Morgan fingerprint density at radius 2 is 1.42 bits per heavy atom. The summed E-state index contributed by atoms with van der Waals surface area (Å²) < 4.78 is 32.0. The number of benzene rings is 4. The molecule has 0 saturated heterocycles. The van der Waals surface area contributed by atoms with Crippen LogP contribution in [0.4, 0.5) is 0 Å². The Bertz CT molecular complexity index is 2020. The number of Topliss-reactive ketones (excluding diaryl/α,β-unsaturated/α-hetero) is 2. The maximum atomic E-state index is 14.2. The minimum Gasteiger partial charge on any atom is -0.493 e. The first-order valence-electron chi connectivity index (χ1n) is 18.2. The smallest absolute Gasteiger partial charge is 0.261 e. The number of fused-ring (bicyclic) bond motifs is 3. The maximum Gasteiger partial charge on any atom is 0.261 e. The molecule has 1 aliphatic carbocycles. The summed E-state index contributed by atoms with van der Waals surface area (Å²) in [6, 6.07) is 30.7. The Kier molecular flexibility index (Phi) is 10.5. The largest absolute Gasteiger partial charge is 0.493 e. The van der Waals surface area contributed by atoms with Crippen LogP contribution in [0.15, 0.2) is 95.4 Å². The molecule has 0 bridgehead atoms. The normalized spacial score (nSPS) is 16.3. The average Bonchev–Trinajstić information content (AvgIpc) is 3.47. The standard InChI is InChI=1S/C44H50O7Si/c1-27(2)49-37-21-20-30(23-40(37)47-9)41-31(26-48-52(44(6,7)8,32-16-12-10-13-17-32)33-18-14-11-15-19-33)22-36(46)43-42(41)35-25-38(50-28(3)4)34(29(5)45)24-39(35)51-43/h10-21,23-25,27-28,31,41H,22,26H2,1-9H3/t31-,41-/m0/s1. The SMILES string of the molecule is COc1cc([C@@H]2c3c(oc4cc(C(C)=O)c(OC(C)C)cc34)C(=O)C[C@H]2CO[Si](c2ccccc2)(c2ccccc2)C(C)(C)C)ccc1OC(C)C. The number of ketones is 2. The van der Waals surface area contributed by atoms with E-state index >= 15 is 0 Å². The quantitative estimate of drug-likeness (QED) is 0.0940. The highest BCUT2D eigenvalue weighted by Crippen LogP contribution is 2.49. The van der Waals surface area contributed by atoms with Crippen molar-refractivity contribution in [1.82, 2.24) is 0 Å². The van der Waals surface area contributed by atoms with Crippen LogP contribution >= 0.6 is 0 Å². The van der Waals surface area contributed by atoms with Gasteiger partial charge >= 0.3 is 0 Å². The number of hydrogen-bond acceptors (Lipinski definition) is 7. The monoisotopic (exact) mass is 718 g/mol. The third-order valence-corrected chi connectivity index (χ3v) is 14.9. The van der Waals surface area contributed by atoms with E-state index in [0.29, 0.717) is 40.8 Å². The number of ether oxygens (including phenoxy) is 3. The fourth-order valence-corrected chi connectivity index (χ4v) is 12.4. The van der Waals surface area contributed by atoms with E-state index in [4.69, 9.17) is 23.1 Å². The Morgan fingerprint density at radius 3 is 1.96 bits per heavy atom. The number of methoxy groups -OCH3 is 1. The van der Waals surface area contributed by atoms with Crippen LogP contribution in [0.25, 0.3) is 11.0 Å². The first-order chi connectivity index (χ1) is 24.7. The number of rotatable bonds is 12. The van der Waals surface area contributed by atoms with Crippen LogP contribution in [0.1, 0.15) is 99.8 Å². The zero-order chi connectivity index (χ0) is 37.4. The lowest BCUT2D eigenvalue weighted by molar-refractivity contribution is 0.0882. The molecule has 0 saturated carbocycles.